The highest BCUT2D eigenvalue weighted by atomic mass is 19.4. The number of halogens is 5. The van der Waals surface area contributed by atoms with E-state index >= 15 is 0 Å². The number of hydrogen-bond donors (Lipinski definition) is 0. The Hall–Kier alpha value is -3.38. The summed E-state index contributed by atoms with van der Waals surface area (Å²) >= 11 is 0. The van der Waals surface area contributed by atoms with Gasteiger partial charge in [0.05, 0.1) is 25.3 Å². The van der Waals surface area contributed by atoms with E-state index in [9.17, 15) is 26.7 Å². The number of amides is 1. The number of anilines is 1. The lowest BCUT2D eigenvalue weighted by molar-refractivity contribution is -0.138. The number of piperidine rings is 1. The maximum absolute atomic E-state index is 14.2. The smallest absolute Gasteiger partial charge is 0.379 e. The molecule has 41 heavy (non-hydrogen) atoms. The summed E-state index contributed by atoms with van der Waals surface area (Å²) in [5.74, 6) is -0.397. The first-order chi connectivity index (χ1) is 19.5. The highest BCUT2D eigenvalue weighted by molar-refractivity contribution is 6.10. The molecular formula is C29H30F5N5O2. The minimum absolute atomic E-state index is 0.0310. The van der Waals surface area contributed by atoms with Gasteiger partial charge in [0.25, 0.3) is 5.91 Å². The van der Waals surface area contributed by atoms with Crippen LogP contribution in [0, 0.1) is 5.92 Å². The monoisotopic (exact) mass is 575 g/mol. The van der Waals surface area contributed by atoms with Crippen LogP contribution in [0.1, 0.15) is 51.3 Å². The first-order valence-corrected chi connectivity index (χ1v) is 13.6. The van der Waals surface area contributed by atoms with Gasteiger partial charge in [0.1, 0.15) is 12.2 Å². The third-order valence-electron chi connectivity index (χ3n) is 8.63. The van der Waals surface area contributed by atoms with Crippen molar-refractivity contribution in [2.24, 2.45) is 13.0 Å². The summed E-state index contributed by atoms with van der Waals surface area (Å²) in [5.41, 5.74) is 0.551. The summed E-state index contributed by atoms with van der Waals surface area (Å²) in [4.78, 5) is 16.9. The van der Waals surface area contributed by atoms with Gasteiger partial charge in [-0.25, -0.2) is 8.78 Å². The number of carbonyl (C=O) groups excluding carboxylic acids is 1. The minimum atomic E-state index is -4.65. The molecule has 7 nitrogen and oxygen atoms in total. The van der Waals surface area contributed by atoms with E-state index in [0.29, 0.717) is 56.8 Å². The summed E-state index contributed by atoms with van der Waals surface area (Å²) in [6.45, 7) is 1.63. The normalized spacial score (nSPS) is 19.6. The van der Waals surface area contributed by atoms with Gasteiger partial charge in [-0.05, 0) is 66.9 Å². The minimum Gasteiger partial charge on any atom is -0.379 e. The van der Waals surface area contributed by atoms with Crippen LogP contribution in [-0.2, 0) is 42.9 Å². The lowest BCUT2D eigenvalue weighted by Gasteiger charge is -2.42. The molecule has 12 heteroatoms. The summed E-state index contributed by atoms with van der Waals surface area (Å²) in [5, 5.41) is 8.14. The zero-order chi connectivity index (χ0) is 28.9. The number of ether oxygens (including phenoxy) is 1. The standard InChI is InChI=1S/C29H30F5N5O2/c1-37-17-35-36-25(37)12-28(15-41-16-28)20-3-2-4-21(11-20)39-14-23-22(27(39)40)9-18(10-24(23)29(32,33)34)13-38-7-5-19(6-8-38)26(30)31/h2-4,9-11,17,19,26H,5-8,12-16H2,1H3. The van der Waals surface area contributed by atoms with E-state index in [2.05, 4.69) is 10.2 Å². The van der Waals surface area contributed by atoms with E-state index in [1.165, 1.54) is 11.0 Å². The van der Waals surface area contributed by atoms with Crippen LogP contribution >= 0.6 is 0 Å². The molecule has 2 aromatic carbocycles. The van der Waals surface area contributed by atoms with E-state index in [1.807, 2.05) is 28.6 Å². The lowest BCUT2D eigenvalue weighted by Crippen LogP contribution is -2.49. The summed E-state index contributed by atoms with van der Waals surface area (Å²) in [6, 6.07) is 9.95. The number of nitrogens with zero attached hydrogens (tertiary/aromatic N) is 5. The van der Waals surface area contributed by atoms with E-state index in [4.69, 9.17) is 4.74 Å². The number of aryl methyl sites for hydroxylation is 1. The molecule has 0 N–H and O–H groups in total. The number of fused-ring (bicyclic) bond motifs is 1. The fourth-order valence-electron chi connectivity index (χ4n) is 6.13. The Morgan fingerprint density at radius 3 is 2.49 bits per heavy atom. The molecule has 3 aliphatic rings. The third-order valence-corrected chi connectivity index (χ3v) is 8.63. The van der Waals surface area contributed by atoms with Crippen molar-refractivity contribution in [3.63, 3.8) is 0 Å². The zero-order valence-electron chi connectivity index (χ0n) is 22.5. The number of hydrogen-bond acceptors (Lipinski definition) is 5. The average Bonchev–Trinajstić information content (AvgIpc) is 3.47. The van der Waals surface area contributed by atoms with Gasteiger partial charge >= 0.3 is 6.18 Å². The molecule has 0 atom stereocenters. The molecule has 0 bridgehead atoms. The van der Waals surface area contributed by atoms with E-state index < -0.39 is 30.0 Å². The van der Waals surface area contributed by atoms with Gasteiger partial charge in [-0.2, -0.15) is 13.2 Å². The second-order valence-corrected chi connectivity index (χ2v) is 11.4. The van der Waals surface area contributed by atoms with Crippen LogP contribution in [-0.4, -0.2) is 58.3 Å². The van der Waals surface area contributed by atoms with Crippen molar-refractivity contribution in [3.05, 3.63) is 76.4 Å². The molecule has 0 aliphatic carbocycles. The van der Waals surface area contributed by atoms with Crippen molar-refractivity contribution in [1.82, 2.24) is 19.7 Å². The largest absolute Gasteiger partial charge is 0.416 e. The summed E-state index contributed by atoms with van der Waals surface area (Å²) < 4.78 is 76.2. The zero-order valence-corrected chi connectivity index (χ0v) is 22.5. The molecule has 6 rings (SSSR count). The Balaban J connectivity index is 1.27. The number of carbonyl (C=O) groups is 1. The van der Waals surface area contributed by atoms with Crippen molar-refractivity contribution in [2.45, 2.75) is 50.4 Å². The molecule has 218 valence electrons. The molecule has 3 aromatic rings. The first-order valence-electron chi connectivity index (χ1n) is 13.6. The summed E-state index contributed by atoms with van der Waals surface area (Å²) in [6.07, 6.45) is -4.27. The fraction of sp³-hybridized carbons (Fsp3) is 0.483. The quantitative estimate of drug-likeness (QED) is 0.372. The highest BCUT2D eigenvalue weighted by Gasteiger charge is 2.43. The Kier molecular flexibility index (Phi) is 7.09. The van der Waals surface area contributed by atoms with Crippen LogP contribution in [0.5, 0.6) is 0 Å². The molecule has 0 spiro atoms. The van der Waals surface area contributed by atoms with Crippen LogP contribution in [0.4, 0.5) is 27.6 Å². The Morgan fingerprint density at radius 2 is 1.88 bits per heavy atom. The van der Waals surface area contributed by atoms with Crippen LogP contribution in [0.25, 0.3) is 0 Å². The van der Waals surface area contributed by atoms with E-state index in [0.717, 1.165) is 17.5 Å². The molecule has 3 aliphatic heterocycles. The van der Waals surface area contributed by atoms with Gasteiger partial charge in [0.15, 0.2) is 0 Å². The Bertz CT molecular complexity index is 1440. The maximum atomic E-state index is 14.2. The Morgan fingerprint density at radius 1 is 1.12 bits per heavy atom. The van der Waals surface area contributed by atoms with Crippen molar-refractivity contribution in [3.8, 4) is 0 Å². The van der Waals surface area contributed by atoms with Gasteiger partial charge in [-0.1, -0.05) is 12.1 Å². The van der Waals surface area contributed by atoms with E-state index in [-0.39, 0.29) is 29.6 Å². The molecule has 1 aromatic heterocycles. The predicted octanol–water partition coefficient (Wildman–Crippen LogP) is 4.98. The molecule has 2 saturated heterocycles. The first kappa shape index (κ1) is 27.8. The predicted molar refractivity (Wildman–Crippen MR) is 140 cm³/mol. The number of rotatable bonds is 7. The van der Waals surface area contributed by atoms with Crippen LogP contribution in [0.3, 0.4) is 0 Å². The Labute approximate surface area is 233 Å². The number of alkyl halides is 5. The highest BCUT2D eigenvalue weighted by Crippen LogP contribution is 2.42. The number of likely N-dealkylation sites (tertiary alicyclic amines) is 1. The summed E-state index contributed by atoms with van der Waals surface area (Å²) in [7, 11) is 1.86. The van der Waals surface area contributed by atoms with Crippen LogP contribution in [0.2, 0.25) is 0 Å². The fourth-order valence-corrected chi connectivity index (χ4v) is 6.13. The lowest BCUT2D eigenvalue weighted by atomic mass is 9.75. The van der Waals surface area contributed by atoms with Gasteiger partial charge in [0, 0.05) is 42.6 Å². The SMILES string of the molecule is Cn1cnnc1CC1(c2cccc(N3Cc4c(cc(CN5CCC(C(F)F)CC5)cc4C(F)(F)F)C3=O)c2)COC1. The van der Waals surface area contributed by atoms with Crippen molar-refractivity contribution in [1.29, 1.82) is 0 Å². The van der Waals surface area contributed by atoms with Crippen LogP contribution in [0.15, 0.2) is 42.7 Å². The van der Waals surface area contributed by atoms with Crippen molar-refractivity contribution < 1.29 is 31.5 Å². The van der Waals surface area contributed by atoms with Gasteiger partial charge in [-0.3, -0.25) is 9.69 Å². The van der Waals surface area contributed by atoms with Crippen molar-refractivity contribution in [2.75, 3.05) is 31.2 Å². The molecule has 4 heterocycles. The van der Waals surface area contributed by atoms with Crippen molar-refractivity contribution >= 4 is 11.6 Å². The second kappa shape index (κ2) is 10.5. The average molecular weight is 576 g/mol. The number of aromatic nitrogens is 3. The molecule has 2 fully saturated rings. The van der Waals surface area contributed by atoms with Gasteiger partial charge in [0.2, 0.25) is 6.43 Å². The van der Waals surface area contributed by atoms with Gasteiger partial charge < -0.3 is 14.2 Å². The van der Waals surface area contributed by atoms with Gasteiger partial charge in [-0.15, -0.1) is 10.2 Å². The molecule has 0 radical (unpaired) electrons. The number of benzene rings is 2. The molecule has 1 amide bonds. The van der Waals surface area contributed by atoms with Crippen LogP contribution < -0.4 is 4.90 Å². The van der Waals surface area contributed by atoms with E-state index in [1.54, 1.807) is 18.5 Å². The topological polar surface area (TPSA) is 63.5 Å². The molecule has 0 unspecified atom stereocenters. The molecular weight excluding hydrogens is 545 g/mol. The molecule has 0 saturated carbocycles. The second-order valence-electron chi connectivity index (χ2n) is 11.4. The third kappa shape index (κ3) is 5.23. The maximum Gasteiger partial charge on any atom is 0.416 e.